The number of rotatable bonds is 5. The third-order valence-corrected chi connectivity index (χ3v) is 4.73. The lowest BCUT2D eigenvalue weighted by atomic mass is 9.79. The van der Waals surface area contributed by atoms with Gasteiger partial charge in [-0.25, -0.2) is 4.39 Å². The van der Waals surface area contributed by atoms with Crippen molar-refractivity contribution in [2.45, 2.75) is 19.3 Å². The zero-order valence-electron chi connectivity index (χ0n) is 13.0. The highest BCUT2D eigenvalue weighted by Crippen LogP contribution is 2.29. The summed E-state index contributed by atoms with van der Waals surface area (Å²) >= 11 is 0. The van der Waals surface area contributed by atoms with Crippen molar-refractivity contribution in [3.8, 4) is 0 Å². The van der Waals surface area contributed by atoms with E-state index in [1.54, 1.807) is 6.07 Å². The number of nitrogens with one attached hydrogen (secondary N) is 2. The Labute approximate surface area is 134 Å². The molecule has 0 unspecified atom stereocenters. The van der Waals surface area contributed by atoms with Gasteiger partial charge in [-0.1, -0.05) is 0 Å². The van der Waals surface area contributed by atoms with Crippen molar-refractivity contribution in [2.75, 3.05) is 26.3 Å². The quantitative estimate of drug-likeness (QED) is 0.785. The highest BCUT2D eigenvalue weighted by molar-refractivity contribution is 5.84. The molecule has 2 aromatic rings. The lowest BCUT2D eigenvalue weighted by Gasteiger charge is -2.34. The smallest absolute Gasteiger partial charge is 0.227 e. The molecule has 0 saturated carbocycles. The first-order chi connectivity index (χ1) is 11.1. The van der Waals surface area contributed by atoms with Crippen LogP contribution in [0.3, 0.4) is 0 Å². The summed E-state index contributed by atoms with van der Waals surface area (Å²) in [6.45, 7) is 2.04. The maximum atomic E-state index is 13.2. The molecule has 1 saturated heterocycles. The van der Waals surface area contributed by atoms with Crippen LogP contribution in [0.15, 0.2) is 24.4 Å². The Morgan fingerprint density at radius 2 is 2.17 bits per heavy atom. The minimum Gasteiger partial charge on any atom is -0.381 e. The molecule has 23 heavy (non-hydrogen) atoms. The Bertz CT molecular complexity index is 692. The molecule has 1 aromatic heterocycles. The lowest BCUT2D eigenvalue weighted by Crippen LogP contribution is -2.49. The fourth-order valence-electron chi connectivity index (χ4n) is 3.15. The second kappa shape index (κ2) is 6.68. The number of aromatic nitrogens is 1. The van der Waals surface area contributed by atoms with E-state index in [0.717, 1.165) is 16.5 Å². The molecular weight excluding hydrogens is 297 g/mol. The van der Waals surface area contributed by atoms with Gasteiger partial charge in [-0.05, 0) is 43.0 Å². The lowest BCUT2D eigenvalue weighted by molar-refractivity contribution is -0.135. The second-order valence-electron chi connectivity index (χ2n) is 6.11. The molecule has 0 spiro atoms. The van der Waals surface area contributed by atoms with Gasteiger partial charge in [0.1, 0.15) is 5.82 Å². The summed E-state index contributed by atoms with van der Waals surface area (Å²) in [6, 6.07) is 4.69. The topological polar surface area (TPSA) is 80.1 Å². The number of H-pyrrole nitrogens is 1. The van der Waals surface area contributed by atoms with E-state index in [1.165, 1.54) is 12.1 Å². The molecule has 124 valence electrons. The van der Waals surface area contributed by atoms with E-state index in [9.17, 15) is 9.18 Å². The van der Waals surface area contributed by atoms with Gasteiger partial charge in [-0.15, -0.1) is 0 Å². The first-order valence-corrected chi connectivity index (χ1v) is 7.96. The van der Waals surface area contributed by atoms with Crippen molar-refractivity contribution in [3.05, 3.63) is 35.8 Å². The summed E-state index contributed by atoms with van der Waals surface area (Å²) < 4.78 is 18.5. The number of carbonyl (C=O) groups is 1. The summed E-state index contributed by atoms with van der Waals surface area (Å²) in [6.07, 6.45) is 3.89. The SMILES string of the molecule is NCC1(C(=O)NCCc2c[nH]c3cc(F)ccc23)CCOCC1. The Morgan fingerprint density at radius 1 is 1.39 bits per heavy atom. The summed E-state index contributed by atoms with van der Waals surface area (Å²) in [4.78, 5) is 15.5. The number of benzene rings is 1. The van der Waals surface area contributed by atoms with Crippen LogP contribution in [0.25, 0.3) is 10.9 Å². The molecular formula is C17H22FN3O2. The van der Waals surface area contributed by atoms with Crippen molar-refractivity contribution in [3.63, 3.8) is 0 Å². The number of hydrogen-bond donors (Lipinski definition) is 3. The van der Waals surface area contributed by atoms with E-state index in [1.807, 2.05) is 6.20 Å². The molecule has 1 aliphatic rings. The number of halogens is 1. The van der Waals surface area contributed by atoms with Crippen LogP contribution in [0.2, 0.25) is 0 Å². The zero-order chi connectivity index (χ0) is 16.3. The standard InChI is InChI=1S/C17H22FN3O2/c18-13-1-2-14-12(10-21-15(14)9-13)3-6-20-16(22)17(11-19)4-7-23-8-5-17/h1-2,9-10,21H,3-8,11,19H2,(H,20,22). The molecule has 0 aliphatic carbocycles. The molecule has 0 radical (unpaired) electrons. The fourth-order valence-corrected chi connectivity index (χ4v) is 3.15. The van der Waals surface area contributed by atoms with Crippen molar-refractivity contribution in [1.29, 1.82) is 0 Å². The Morgan fingerprint density at radius 3 is 2.91 bits per heavy atom. The minimum absolute atomic E-state index is 0.00851. The van der Waals surface area contributed by atoms with Crippen LogP contribution in [-0.2, 0) is 16.0 Å². The Balaban J connectivity index is 1.61. The van der Waals surface area contributed by atoms with Gasteiger partial charge in [0, 0.05) is 43.4 Å². The summed E-state index contributed by atoms with van der Waals surface area (Å²) in [5.74, 6) is -0.252. The van der Waals surface area contributed by atoms with E-state index in [-0.39, 0.29) is 11.7 Å². The molecule has 0 bridgehead atoms. The number of ether oxygens (including phenoxy) is 1. The summed E-state index contributed by atoms with van der Waals surface area (Å²) in [5, 5.41) is 3.98. The number of hydrogen-bond acceptors (Lipinski definition) is 3. The van der Waals surface area contributed by atoms with Gasteiger partial charge < -0.3 is 20.8 Å². The molecule has 1 aliphatic heterocycles. The monoisotopic (exact) mass is 319 g/mol. The molecule has 4 N–H and O–H groups in total. The van der Waals surface area contributed by atoms with Gasteiger partial charge >= 0.3 is 0 Å². The Kier molecular flexibility index (Phi) is 4.63. The van der Waals surface area contributed by atoms with E-state index < -0.39 is 5.41 Å². The number of amides is 1. The van der Waals surface area contributed by atoms with E-state index in [0.29, 0.717) is 45.6 Å². The predicted molar refractivity (Wildman–Crippen MR) is 86.5 cm³/mol. The van der Waals surface area contributed by atoms with Gasteiger partial charge in [-0.3, -0.25) is 4.79 Å². The highest BCUT2D eigenvalue weighted by Gasteiger charge is 2.38. The first kappa shape index (κ1) is 16.0. The van der Waals surface area contributed by atoms with E-state index in [4.69, 9.17) is 10.5 Å². The molecule has 1 aromatic carbocycles. The van der Waals surface area contributed by atoms with Crippen molar-refractivity contribution in [2.24, 2.45) is 11.1 Å². The van der Waals surface area contributed by atoms with Crippen LogP contribution in [0.4, 0.5) is 4.39 Å². The molecule has 6 heteroatoms. The number of carbonyl (C=O) groups excluding carboxylic acids is 1. The third kappa shape index (κ3) is 3.23. The number of aromatic amines is 1. The molecule has 1 amide bonds. The van der Waals surface area contributed by atoms with Gasteiger partial charge in [0.25, 0.3) is 0 Å². The van der Waals surface area contributed by atoms with E-state index in [2.05, 4.69) is 10.3 Å². The molecule has 2 heterocycles. The summed E-state index contributed by atoms with van der Waals surface area (Å²) in [7, 11) is 0. The van der Waals surface area contributed by atoms with Crippen LogP contribution in [0.5, 0.6) is 0 Å². The van der Waals surface area contributed by atoms with Crippen molar-refractivity contribution >= 4 is 16.8 Å². The van der Waals surface area contributed by atoms with Gasteiger partial charge in [0.15, 0.2) is 0 Å². The van der Waals surface area contributed by atoms with Crippen molar-refractivity contribution < 1.29 is 13.9 Å². The van der Waals surface area contributed by atoms with Crippen LogP contribution in [0.1, 0.15) is 18.4 Å². The fraction of sp³-hybridized carbons (Fsp3) is 0.471. The maximum Gasteiger partial charge on any atom is 0.227 e. The van der Waals surface area contributed by atoms with Crippen molar-refractivity contribution in [1.82, 2.24) is 10.3 Å². The van der Waals surface area contributed by atoms with E-state index >= 15 is 0 Å². The minimum atomic E-state index is -0.498. The molecule has 5 nitrogen and oxygen atoms in total. The normalized spacial score (nSPS) is 17.3. The third-order valence-electron chi connectivity index (χ3n) is 4.73. The van der Waals surface area contributed by atoms with Gasteiger partial charge in [-0.2, -0.15) is 0 Å². The van der Waals surface area contributed by atoms with Crippen LogP contribution >= 0.6 is 0 Å². The predicted octanol–water partition coefficient (Wildman–Crippen LogP) is 1.72. The average Bonchev–Trinajstić information content (AvgIpc) is 2.97. The first-order valence-electron chi connectivity index (χ1n) is 7.96. The van der Waals surface area contributed by atoms with Gasteiger partial charge in [0.2, 0.25) is 5.91 Å². The molecule has 0 atom stereocenters. The van der Waals surface area contributed by atoms with Crippen LogP contribution in [0, 0.1) is 11.2 Å². The summed E-state index contributed by atoms with van der Waals surface area (Å²) in [5.41, 5.74) is 7.18. The molecule has 1 fully saturated rings. The maximum absolute atomic E-state index is 13.2. The average molecular weight is 319 g/mol. The number of fused-ring (bicyclic) bond motifs is 1. The number of nitrogens with two attached hydrogens (primary N) is 1. The van der Waals surface area contributed by atoms with Crippen LogP contribution < -0.4 is 11.1 Å². The highest BCUT2D eigenvalue weighted by atomic mass is 19.1. The van der Waals surface area contributed by atoms with Gasteiger partial charge in [0.05, 0.1) is 5.41 Å². The zero-order valence-corrected chi connectivity index (χ0v) is 13.0. The second-order valence-corrected chi connectivity index (χ2v) is 6.11. The Hall–Kier alpha value is -1.92. The van der Waals surface area contributed by atoms with Crippen LogP contribution in [-0.4, -0.2) is 37.2 Å². The molecule has 3 rings (SSSR count). The largest absolute Gasteiger partial charge is 0.381 e.